The summed E-state index contributed by atoms with van der Waals surface area (Å²) in [5.41, 5.74) is 4.70. The zero-order valence-corrected chi connectivity index (χ0v) is 9.25. The Morgan fingerprint density at radius 2 is 1.88 bits per heavy atom. The van der Waals surface area contributed by atoms with Gasteiger partial charge in [0.25, 0.3) is 5.91 Å². The van der Waals surface area contributed by atoms with Crippen molar-refractivity contribution in [2.45, 2.75) is 0 Å². The fraction of sp³-hybridized carbons (Fsp3) is 0. The van der Waals surface area contributed by atoms with E-state index in [1.165, 1.54) is 0 Å². The molecule has 4 N–H and O–H groups in total. The number of nitrogens with one attached hydrogen (secondary N) is 2. The number of hydrogen-bond donors (Lipinski definition) is 3. The maximum atomic E-state index is 11.8. The Hall–Kier alpha value is -1.85. The minimum absolute atomic E-state index is 0.123. The van der Waals surface area contributed by atoms with Crippen LogP contribution in [0.15, 0.2) is 41.1 Å². The Labute approximate surface area is 97.1 Å². The number of amides is 1. The second kappa shape index (κ2) is 4.78. The molecule has 5 heteroatoms. The normalized spacial score (nSPS) is 9.81. The van der Waals surface area contributed by atoms with E-state index in [1.807, 2.05) is 16.8 Å². The molecule has 0 saturated carbocycles. The van der Waals surface area contributed by atoms with E-state index in [0.717, 1.165) is 11.4 Å². The van der Waals surface area contributed by atoms with Crippen molar-refractivity contribution < 1.29 is 4.79 Å². The summed E-state index contributed by atoms with van der Waals surface area (Å²) in [5, 5.41) is 6.59. The topological polar surface area (TPSA) is 67.1 Å². The Kier molecular flexibility index (Phi) is 3.19. The Morgan fingerprint density at radius 3 is 2.44 bits per heavy atom. The molecule has 0 saturated heterocycles. The van der Waals surface area contributed by atoms with Gasteiger partial charge in [0, 0.05) is 16.6 Å². The third-order valence-corrected chi connectivity index (χ3v) is 2.78. The van der Waals surface area contributed by atoms with Crippen molar-refractivity contribution in [2.24, 2.45) is 5.84 Å². The van der Waals surface area contributed by atoms with E-state index < -0.39 is 0 Å². The second-order valence-corrected chi connectivity index (χ2v) is 3.97. The zero-order valence-electron chi connectivity index (χ0n) is 8.44. The average Bonchev–Trinajstić information content (AvgIpc) is 2.82. The van der Waals surface area contributed by atoms with Crippen LogP contribution in [-0.4, -0.2) is 5.91 Å². The predicted molar refractivity (Wildman–Crippen MR) is 66.5 cm³/mol. The molecule has 0 aliphatic heterocycles. The van der Waals surface area contributed by atoms with Gasteiger partial charge in [-0.1, -0.05) is 0 Å². The van der Waals surface area contributed by atoms with Gasteiger partial charge in [0.05, 0.1) is 5.69 Å². The number of rotatable bonds is 3. The van der Waals surface area contributed by atoms with Crippen LogP contribution in [0.1, 0.15) is 10.4 Å². The van der Waals surface area contributed by atoms with Crippen LogP contribution in [0.5, 0.6) is 0 Å². The summed E-state index contributed by atoms with van der Waals surface area (Å²) in [6.45, 7) is 0. The number of anilines is 2. The van der Waals surface area contributed by atoms with Gasteiger partial charge in [-0.3, -0.25) is 10.6 Å². The summed E-state index contributed by atoms with van der Waals surface area (Å²) in [7, 11) is 0. The van der Waals surface area contributed by atoms with Crippen molar-refractivity contribution in [1.82, 2.24) is 0 Å². The largest absolute Gasteiger partial charge is 0.324 e. The first kappa shape index (κ1) is 10.7. The van der Waals surface area contributed by atoms with Crippen LogP contribution in [0.3, 0.4) is 0 Å². The van der Waals surface area contributed by atoms with Gasteiger partial charge in [0.1, 0.15) is 0 Å². The van der Waals surface area contributed by atoms with Crippen molar-refractivity contribution in [3.63, 3.8) is 0 Å². The van der Waals surface area contributed by atoms with E-state index in [9.17, 15) is 4.79 Å². The van der Waals surface area contributed by atoms with E-state index in [1.54, 1.807) is 35.6 Å². The highest BCUT2D eigenvalue weighted by Crippen LogP contribution is 2.14. The van der Waals surface area contributed by atoms with E-state index in [4.69, 9.17) is 5.84 Å². The number of hydrazine groups is 1. The number of benzene rings is 1. The lowest BCUT2D eigenvalue weighted by Gasteiger charge is -2.04. The van der Waals surface area contributed by atoms with E-state index in [-0.39, 0.29) is 5.91 Å². The number of carbonyl (C=O) groups is 1. The van der Waals surface area contributed by atoms with E-state index in [2.05, 4.69) is 10.7 Å². The van der Waals surface area contributed by atoms with Crippen molar-refractivity contribution in [2.75, 3.05) is 10.7 Å². The molecule has 0 bridgehead atoms. The molecule has 16 heavy (non-hydrogen) atoms. The summed E-state index contributed by atoms with van der Waals surface area (Å²) < 4.78 is 0. The monoisotopic (exact) mass is 233 g/mol. The highest BCUT2D eigenvalue weighted by molar-refractivity contribution is 7.08. The van der Waals surface area contributed by atoms with Crippen LogP contribution in [0.2, 0.25) is 0 Å². The summed E-state index contributed by atoms with van der Waals surface area (Å²) in [4.78, 5) is 11.8. The van der Waals surface area contributed by atoms with Crippen molar-refractivity contribution >= 4 is 28.6 Å². The number of nitrogen functional groups attached to an aromatic ring is 1. The maximum Gasteiger partial charge on any atom is 0.255 e. The Balaban J connectivity index is 2.09. The lowest BCUT2D eigenvalue weighted by atomic mass is 10.2. The first-order valence-corrected chi connectivity index (χ1v) is 5.64. The molecule has 1 heterocycles. The third kappa shape index (κ3) is 2.39. The van der Waals surface area contributed by atoms with E-state index in [0.29, 0.717) is 5.56 Å². The van der Waals surface area contributed by atoms with Crippen LogP contribution in [0.4, 0.5) is 11.4 Å². The van der Waals surface area contributed by atoms with Crippen molar-refractivity contribution in [3.05, 3.63) is 46.7 Å². The number of hydrogen-bond acceptors (Lipinski definition) is 4. The first-order valence-electron chi connectivity index (χ1n) is 4.70. The molecule has 0 aliphatic rings. The standard InChI is InChI=1S/C11H11N3OS/c12-14-9-3-1-8(2-4-9)11(15)13-10-5-6-16-7-10/h1-7,14H,12H2,(H,13,15). The molecule has 2 rings (SSSR count). The first-order chi connectivity index (χ1) is 7.79. The number of nitrogens with two attached hydrogens (primary N) is 1. The molecule has 0 unspecified atom stereocenters. The summed E-state index contributed by atoms with van der Waals surface area (Å²) in [5.74, 6) is 5.11. The van der Waals surface area contributed by atoms with Gasteiger partial charge in [0.15, 0.2) is 0 Å². The van der Waals surface area contributed by atoms with E-state index >= 15 is 0 Å². The highest BCUT2D eigenvalue weighted by atomic mass is 32.1. The van der Waals surface area contributed by atoms with Crippen LogP contribution >= 0.6 is 11.3 Å². The minimum atomic E-state index is -0.123. The lowest BCUT2D eigenvalue weighted by molar-refractivity contribution is 0.102. The van der Waals surface area contributed by atoms with Gasteiger partial charge in [-0.25, -0.2) is 0 Å². The van der Waals surface area contributed by atoms with Gasteiger partial charge >= 0.3 is 0 Å². The van der Waals surface area contributed by atoms with Gasteiger partial charge in [-0.2, -0.15) is 11.3 Å². The quantitative estimate of drug-likeness (QED) is 0.563. The molecule has 0 spiro atoms. The van der Waals surface area contributed by atoms with Crippen LogP contribution in [-0.2, 0) is 0 Å². The predicted octanol–water partition coefficient (Wildman–Crippen LogP) is 2.29. The number of carbonyl (C=O) groups excluding carboxylic acids is 1. The fourth-order valence-electron chi connectivity index (χ4n) is 1.26. The minimum Gasteiger partial charge on any atom is -0.324 e. The van der Waals surface area contributed by atoms with Crippen LogP contribution in [0.25, 0.3) is 0 Å². The fourth-order valence-corrected chi connectivity index (χ4v) is 1.84. The van der Waals surface area contributed by atoms with Gasteiger partial charge in [0.2, 0.25) is 0 Å². The Bertz CT molecular complexity index is 464. The third-order valence-electron chi connectivity index (χ3n) is 2.09. The summed E-state index contributed by atoms with van der Waals surface area (Å²) in [6.07, 6.45) is 0. The number of thiophene rings is 1. The molecule has 4 nitrogen and oxygen atoms in total. The smallest absolute Gasteiger partial charge is 0.255 e. The lowest BCUT2D eigenvalue weighted by Crippen LogP contribution is -2.12. The molecular weight excluding hydrogens is 222 g/mol. The molecule has 1 aromatic carbocycles. The molecule has 1 aromatic heterocycles. The van der Waals surface area contributed by atoms with Gasteiger partial charge in [-0.05, 0) is 35.7 Å². The molecular formula is C11H11N3OS. The maximum absolute atomic E-state index is 11.8. The second-order valence-electron chi connectivity index (χ2n) is 3.19. The van der Waals surface area contributed by atoms with Crippen LogP contribution < -0.4 is 16.6 Å². The van der Waals surface area contributed by atoms with Gasteiger partial charge < -0.3 is 10.7 Å². The Morgan fingerprint density at radius 1 is 1.12 bits per heavy atom. The SMILES string of the molecule is NNc1ccc(C(=O)Nc2ccsc2)cc1. The summed E-state index contributed by atoms with van der Waals surface area (Å²) >= 11 is 1.54. The molecule has 0 aliphatic carbocycles. The molecule has 82 valence electrons. The highest BCUT2D eigenvalue weighted by Gasteiger charge is 2.05. The van der Waals surface area contributed by atoms with Crippen molar-refractivity contribution in [3.8, 4) is 0 Å². The molecule has 1 amide bonds. The van der Waals surface area contributed by atoms with Crippen LogP contribution in [0, 0.1) is 0 Å². The molecule has 2 aromatic rings. The van der Waals surface area contributed by atoms with Crippen molar-refractivity contribution in [1.29, 1.82) is 0 Å². The molecule has 0 atom stereocenters. The molecule has 0 fully saturated rings. The molecule has 0 radical (unpaired) electrons. The van der Waals surface area contributed by atoms with Gasteiger partial charge in [-0.15, -0.1) is 0 Å². The zero-order chi connectivity index (χ0) is 11.4. The average molecular weight is 233 g/mol. The summed E-state index contributed by atoms with van der Waals surface area (Å²) in [6, 6.07) is 8.80.